The Labute approximate surface area is 160 Å². The fraction of sp³-hybridized carbons (Fsp3) is 0.150. The molecule has 0 aliphatic rings. The number of carbonyl (C=O) groups excluding carboxylic acids is 2. The monoisotopic (exact) mass is 383 g/mol. The molecule has 2 amide bonds. The number of amides is 2. The Bertz CT molecular complexity index is 954. The summed E-state index contributed by atoms with van der Waals surface area (Å²) in [6.07, 6.45) is 2.29. The molecule has 27 heavy (non-hydrogen) atoms. The maximum atomic E-state index is 12.9. The molecule has 138 valence electrons. The molecule has 2 N–H and O–H groups in total. The van der Waals surface area contributed by atoms with Gasteiger partial charge >= 0.3 is 0 Å². The first kappa shape index (κ1) is 18.7. The fourth-order valence-corrected chi connectivity index (χ4v) is 3.36. The van der Waals surface area contributed by atoms with Crippen molar-refractivity contribution in [3.05, 3.63) is 82.1 Å². The minimum atomic E-state index is -0.348. The summed E-state index contributed by atoms with van der Waals surface area (Å²) in [7, 11) is 0. The van der Waals surface area contributed by atoms with Crippen molar-refractivity contribution < 1.29 is 14.0 Å². The minimum absolute atomic E-state index is 0.139. The second-order valence-electron chi connectivity index (χ2n) is 5.98. The minimum Gasteiger partial charge on any atom is -0.343 e. The van der Waals surface area contributed by atoms with E-state index in [9.17, 15) is 14.0 Å². The summed E-state index contributed by atoms with van der Waals surface area (Å²) in [4.78, 5) is 29.3. The van der Waals surface area contributed by atoms with Gasteiger partial charge in [0.05, 0.1) is 6.54 Å². The van der Waals surface area contributed by atoms with E-state index in [1.54, 1.807) is 30.5 Å². The molecule has 0 aliphatic heterocycles. The highest BCUT2D eigenvalue weighted by atomic mass is 32.1. The Morgan fingerprint density at radius 1 is 1.11 bits per heavy atom. The van der Waals surface area contributed by atoms with Crippen molar-refractivity contribution in [2.24, 2.45) is 0 Å². The summed E-state index contributed by atoms with van der Waals surface area (Å²) in [6.45, 7) is 1.70. The van der Waals surface area contributed by atoms with Crippen molar-refractivity contribution >= 4 is 28.3 Å². The lowest BCUT2D eigenvalue weighted by molar-refractivity contribution is -0.115. The molecular weight excluding hydrogens is 365 g/mol. The zero-order valence-electron chi connectivity index (χ0n) is 14.7. The van der Waals surface area contributed by atoms with E-state index in [0.29, 0.717) is 17.1 Å². The summed E-state index contributed by atoms with van der Waals surface area (Å²) < 4.78 is 12.9. The predicted molar refractivity (Wildman–Crippen MR) is 103 cm³/mol. The van der Waals surface area contributed by atoms with Gasteiger partial charge in [-0.2, -0.15) is 0 Å². The van der Waals surface area contributed by atoms with Crippen LogP contribution < -0.4 is 10.6 Å². The van der Waals surface area contributed by atoms with Crippen molar-refractivity contribution in [1.82, 2.24) is 10.3 Å². The van der Waals surface area contributed by atoms with Crippen molar-refractivity contribution in [3.8, 4) is 0 Å². The van der Waals surface area contributed by atoms with Crippen LogP contribution in [0.5, 0.6) is 0 Å². The van der Waals surface area contributed by atoms with E-state index >= 15 is 0 Å². The quantitative estimate of drug-likeness (QED) is 0.684. The number of halogens is 1. The molecule has 3 rings (SSSR count). The molecule has 0 radical (unpaired) electrons. The maximum absolute atomic E-state index is 12.9. The molecule has 0 aliphatic carbocycles. The number of aromatic nitrogens is 1. The number of rotatable bonds is 6. The molecule has 0 saturated heterocycles. The first-order valence-electron chi connectivity index (χ1n) is 8.34. The Hall–Kier alpha value is -3.06. The van der Waals surface area contributed by atoms with E-state index in [0.717, 1.165) is 16.0 Å². The molecule has 0 spiro atoms. The standard InChI is InChI=1S/C20H18FN3O2S/c1-13-4-2-3-5-17(13)19(26)22-12-18(25)24-20-23-11-16(27-20)10-14-6-8-15(21)9-7-14/h2-9,11H,10,12H2,1H3,(H,22,26)(H,23,24,25). The molecular formula is C20H18FN3O2S. The van der Waals surface area contributed by atoms with Crippen LogP contribution in [0.25, 0.3) is 0 Å². The zero-order valence-corrected chi connectivity index (χ0v) is 15.5. The van der Waals surface area contributed by atoms with E-state index < -0.39 is 0 Å². The second-order valence-corrected chi connectivity index (χ2v) is 7.10. The summed E-state index contributed by atoms with van der Waals surface area (Å²) in [6, 6.07) is 13.4. The van der Waals surface area contributed by atoms with Gasteiger partial charge in [0.2, 0.25) is 5.91 Å². The van der Waals surface area contributed by atoms with E-state index in [-0.39, 0.29) is 24.2 Å². The molecule has 0 fully saturated rings. The van der Waals surface area contributed by atoms with Crippen LogP contribution in [0, 0.1) is 12.7 Å². The average molecular weight is 383 g/mol. The molecule has 1 heterocycles. The van der Waals surface area contributed by atoms with Gasteiger partial charge in [0.1, 0.15) is 5.82 Å². The highest BCUT2D eigenvalue weighted by Crippen LogP contribution is 2.21. The van der Waals surface area contributed by atoms with Crippen molar-refractivity contribution in [3.63, 3.8) is 0 Å². The van der Waals surface area contributed by atoms with Crippen molar-refractivity contribution in [1.29, 1.82) is 0 Å². The average Bonchev–Trinajstić information content (AvgIpc) is 3.09. The van der Waals surface area contributed by atoms with Gasteiger partial charge in [-0.15, -0.1) is 11.3 Å². The van der Waals surface area contributed by atoms with Crippen molar-refractivity contribution in [2.45, 2.75) is 13.3 Å². The third-order valence-electron chi connectivity index (χ3n) is 3.89. The van der Waals surface area contributed by atoms with E-state index in [4.69, 9.17) is 0 Å². The van der Waals surface area contributed by atoms with Crippen LogP contribution in [-0.4, -0.2) is 23.3 Å². The molecule has 2 aromatic carbocycles. The lowest BCUT2D eigenvalue weighted by Crippen LogP contribution is -2.33. The molecule has 3 aromatic rings. The number of anilines is 1. The van der Waals surface area contributed by atoms with E-state index in [1.165, 1.54) is 23.5 Å². The van der Waals surface area contributed by atoms with Gasteiger partial charge in [0.25, 0.3) is 5.91 Å². The molecule has 0 saturated carbocycles. The Morgan fingerprint density at radius 2 is 1.85 bits per heavy atom. The van der Waals surface area contributed by atoms with Gasteiger partial charge in [-0.3, -0.25) is 9.59 Å². The normalized spacial score (nSPS) is 10.4. The van der Waals surface area contributed by atoms with Gasteiger partial charge in [0.15, 0.2) is 5.13 Å². The number of carbonyl (C=O) groups is 2. The maximum Gasteiger partial charge on any atom is 0.251 e. The van der Waals surface area contributed by atoms with Crippen molar-refractivity contribution in [2.75, 3.05) is 11.9 Å². The number of nitrogens with zero attached hydrogens (tertiary/aromatic N) is 1. The summed E-state index contributed by atoms with van der Waals surface area (Å²) >= 11 is 1.34. The van der Waals surface area contributed by atoms with Crippen LogP contribution in [0.1, 0.15) is 26.4 Å². The topological polar surface area (TPSA) is 71.1 Å². The predicted octanol–water partition coefficient (Wildman–Crippen LogP) is 3.55. The molecule has 1 aromatic heterocycles. The lowest BCUT2D eigenvalue weighted by Gasteiger charge is -2.07. The van der Waals surface area contributed by atoms with Crippen LogP contribution in [0.2, 0.25) is 0 Å². The third-order valence-corrected chi connectivity index (χ3v) is 4.80. The molecule has 0 atom stereocenters. The van der Waals surface area contributed by atoms with E-state index in [2.05, 4.69) is 15.6 Å². The van der Waals surface area contributed by atoms with E-state index in [1.807, 2.05) is 19.1 Å². The Morgan fingerprint density at radius 3 is 2.59 bits per heavy atom. The molecule has 0 unspecified atom stereocenters. The summed E-state index contributed by atoms with van der Waals surface area (Å²) in [5, 5.41) is 5.73. The lowest BCUT2D eigenvalue weighted by atomic mass is 10.1. The number of benzene rings is 2. The van der Waals surface area contributed by atoms with Crippen LogP contribution in [-0.2, 0) is 11.2 Å². The molecule has 5 nitrogen and oxygen atoms in total. The van der Waals surface area contributed by atoms with Crippen LogP contribution in [0.3, 0.4) is 0 Å². The number of hydrogen-bond donors (Lipinski definition) is 2. The number of aryl methyl sites for hydroxylation is 1. The third kappa shape index (κ3) is 5.21. The van der Waals surface area contributed by atoms with Crippen LogP contribution in [0.15, 0.2) is 54.7 Å². The highest BCUT2D eigenvalue weighted by molar-refractivity contribution is 7.15. The zero-order chi connectivity index (χ0) is 19.2. The second kappa shape index (κ2) is 8.55. The van der Waals surface area contributed by atoms with Gasteiger partial charge in [-0.1, -0.05) is 30.3 Å². The van der Waals surface area contributed by atoms with Gasteiger partial charge in [-0.25, -0.2) is 9.37 Å². The van der Waals surface area contributed by atoms with Crippen LogP contribution in [0.4, 0.5) is 9.52 Å². The smallest absolute Gasteiger partial charge is 0.251 e. The first-order chi connectivity index (χ1) is 13.0. The summed E-state index contributed by atoms with van der Waals surface area (Å²) in [5.74, 6) is -0.914. The SMILES string of the molecule is Cc1ccccc1C(=O)NCC(=O)Nc1ncc(Cc2ccc(F)cc2)s1. The molecule has 0 bridgehead atoms. The Balaban J connectivity index is 1.51. The van der Waals surface area contributed by atoms with Gasteiger partial charge in [-0.05, 0) is 36.2 Å². The first-order valence-corrected chi connectivity index (χ1v) is 9.16. The van der Waals surface area contributed by atoms with Gasteiger partial charge < -0.3 is 10.6 Å². The van der Waals surface area contributed by atoms with Crippen LogP contribution >= 0.6 is 11.3 Å². The summed E-state index contributed by atoms with van der Waals surface area (Å²) in [5.41, 5.74) is 2.35. The largest absolute Gasteiger partial charge is 0.343 e. The highest BCUT2D eigenvalue weighted by Gasteiger charge is 2.11. The number of thiazole rings is 1. The fourth-order valence-electron chi connectivity index (χ4n) is 2.50. The number of hydrogen-bond acceptors (Lipinski definition) is 4. The Kier molecular flexibility index (Phi) is 5.93. The van der Waals surface area contributed by atoms with Gasteiger partial charge in [0, 0.05) is 23.1 Å². The number of nitrogens with one attached hydrogen (secondary N) is 2. The molecule has 7 heteroatoms.